The van der Waals surface area contributed by atoms with Gasteiger partial charge >= 0.3 is 0 Å². The van der Waals surface area contributed by atoms with Gasteiger partial charge in [-0.15, -0.1) is 0 Å². The summed E-state index contributed by atoms with van der Waals surface area (Å²) in [6, 6.07) is 10.0. The minimum Gasteiger partial charge on any atom is -0.379 e. The number of hydrogen-bond donors (Lipinski definition) is 1. The maximum Gasteiger partial charge on any atom is 0.0991 e. The Morgan fingerprint density at radius 1 is 1.27 bits per heavy atom. The van der Waals surface area contributed by atoms with Crippen LogP contribution in [0.1, 0.15) is 17.5 Å². The molecular weight excluding hydrogens is 294 g/mol. The minimum atomic E-state index is 0.293. The molecule has 0 amide bonds. The van der Waals surface area contributed by atoms with Gasteiger partial charge in [0, 0.05) is 37.5 Å². The average molecular weight is 317 g/mol. The van der Waals surface area contributed by atoms with Crippen molar-refractivity contribution in [1.82, 2.24) is 10.2 Å². The van der Waals surface area contributed by atoms with E-state index in [1.54, 1.807) is 0 Å². The molecule has 1 N–H and O–H groups in total. The lowest BCUT2D eigenvalue weighted by atomic mass is 9.95. The summed E-state index contributed by atoms with van der Waals surface area (Å²) in [5, 5.41) is 12.5. The van der Waals surface area contributed by atoms with Crippen LogP contribution in [0, 0.1) is 11.3 Å². The molecule has 4 nitrogen and oxygen atoms in total. The Labute approximate surface area is 136 Å². The molecule has 2 aliphatic heterocycles. The van der Waals surface area contributed by atoms with E-state index < -0.39 is 0 Å². The topological polar surface area (TPSA) is 48.3 Å². The van der Waals surface area contributed by atoms with Gasteiger partial charge in [0.05, 0.1) is 24.8 Å². The molecule has 3 rings (SSSR count). The molecular formula is C17H23N3OS. The van der Waals surface area contributed by atoms with Gasteiger partial charge in [-0.05, 0) is 29.9 Å². The second-order valence-electron chi connectivity index (χ2n) is 6.04. The maximum atomic E-state index is 8.84. The number of rotatable bonds is 5. The van der Waals surface area contributed by atoms with Crippen molar-refractivity contribution in [3.05, 3.63) is 35.4 Å². The van der Waals surface area contributed by atoms with Crippen molar-refractivity contribution >= 4 is 11.8 Å². The molecule has 0 saturated carbocycles. The zero-order valence-corrected chi connectivity index (χ0v) is 13.7. The minimum absolute atomic E-state index is 0.293. The first-order chi connectivity index (χ1) is 10.8. The third-order valence-corrected chi connectivity index (χ3v) is 5.86. The predicted molar refractivity (Wildman–Crippen MR) is 89.9 cm³/mol. The Bertz CT molecular complexity index is 514. The van der Waals surface area contributed by atoms with Crippen molar-refractivity contribution in [2.45, 2.75) is 18.5 Å². The number of hydrogen-bond acceptors (Lipinski definition) is 5. The van der Waals surface area contributed by atoms with E-state index in [2.05, 4.69) is 28.0 Å². The van der Waals surface area contributed by atoms with Crippen LogP contribution in [0.2, 0.25) is 0 Å². The predicted octanol–water partition coefficient (Wildman–Crippen LogP) is 1.86. The number of morpholine rings is 1. The number of nitriles is 1. The summed E-state index contributed by atoms with van der Waals surface area (Å²) >= 11 is 2.07. The van der Waals surface area contributed by atoms with Crippen molar-refractivity contribution in [1.29, 1.82) is 5.26 Å². The number of nitrogens with zero attached hydrogens (tertiary/aromatic N) is 2. The van der Waals surface area contributed by atoms with E-state index in [0.717, 1.165) is 45.0 Å². The Hall–Kier alpha value is -1.06. The largest absolute Gasteiger partial charge is 0.379 e. The molecule has 0 unspecified atom stereocenters. The lowest BCUT2D eigenvalue weighted by Gasteiger charge is -2.43. The fourth-order valence-electron chi connectivity index (χ4n) is 3.27. The molecule has 0 bridgehead atoms. The van der Waals surface area contributed by atoms with Crippen molar-refractivity contribution in [3.8, 4) is 6.07 Å². The first-order valence-electron chi connectivity index (χ1n) is 7.93. The van der Waals surface area contributed by atoms with Gasteiger partial charge in [-0.2, -0.15) is 17.0 Å². The highest BCUT2D eigenvalue weighted by Crippen LogP contribution is 2.33. The molecule has 1 aromatic rings. The van der Waals surface area contributed by atoms with Crippen LogP contribution in [0.25, 0.3) is 0 Å². The Kier molecular flexibility index (Phi) is 5.37. The summed E-state index contributed by atoms with van der Waals surface area (Å²) in [6.45, 7) is 5.73. The SMILES string of the molecule is N#Cc1ccc(CNC[C@]2(N3CCOCC3)CCSC2)cc1. The van der Waals surface area contributed by atoms with Gasteiger partial charge in [-0.3, -0.25) is 4.90 Å². The van der Waals surface area contributed by atoms with E-state index >= 15 is 0 Å². The second-order valence-corrected chi connectivity index (χ2v) is 7.14. The van der Waals surface area contributed by atoms with Gasteiger partial charge in [-0.1, -0.05) is 12.1 Å². The molecule has 2 aliphatic rings. The lowest BCUT2D eigenvalue weighted by Crippen LogP contribution is -2.58. The van der Waals surface area contributed by atoms with Crippen LogP contribution < -0.4 is 5.32 Å². The summed E-state index contributed by atoms with van der Waals surface area (Å²) in [5.41, 5.74) is 2.25. The van der Waals surface area contributed by atoms with Crippen LogP contribution in [-0.4, -0.2) is 54.8 Å². The third kappa shape index (κ3) is 3.64. The van der Waals surface area contributed by atoms with Gasteiger partial charge in [0.15, 0.2) is 0 Å². The average Bonchev–Trinajstić information content (AvgIpc) is 3.06. The number of nitrogens with one attached hydrogen (secondary N) is 1. The van der Waals surface area contributed by atoms with Crippen molar-refractivity contribution in [3.63, 3.8) is 0 Å². The van der Waals surface area contributed by atoms with E-state index in [1.807, 2.05) is 24.3 Å². The molecule has 1 aromatic carbocycles. The molecule has 0 radical (unpaired) electrons. The summed E-state index contributed by atoms with van der Waals surface area (Å²) in [5.74, 6) is 2.48. The maximum absolute atomic E-state index is 8.84. The fourth-order valence-corrected chi connectivity index (χ4v) is 4.75. The standard InChI is InChI=1S/C17H23N3OS/c18-11-15-1-3-16(4-2-15)12-19-13-17(5-10-22-14-17)20-6-8-21-9-7-20/h1-4,19H,5-10,12-14H2/t17-/m1/s1. The quantitative estimate of drug-likeness (QED) is 0.898. The third-order valence-electron chi connectivity index (χ3n) is 4.63. The molecule has 0 spiro atoms. The summed E-state index contributed by atoms with van der Waals surface area (Å²) in [4.78, 5) is 2.63. The summed E-state index contributed by atoms with van der Waals surface area (Å²) in [7, 11) is 0. The Morgan fingerprint density at radius 2 is 2.05 bits per heavy atom. The molecule has 22 heavy (non-hydrogen) atoms. The molecule has 5 heteroatoms. The van der Waals surface area contributed by atoms with E-state index in [4.69, 9.17) is 10.00 Å². The van der Waals surface area contributed by atoms with Gasteiger partial charge in [0.2, 0.25) is 0 Å². The van der Waals surface area contributed by atoms with Crippen LogP contribution in [0.15, 0.2) is 24.3 Å². The number of thioether (sulfide) groups is 1. The molecule has 2 saturated heterocycles. The lowest BCUT2D eigenvalue weighted by molar-refractivity contribution is -0.0134. The molecule has 118 valence electrons. The molecule has 1 atom stereocenters. The van der Waals surface area contributed by atoms with Crippen molar-refractivity contribution < 1.29 is 4.74 Å². The van der Waals surface area contributed by atoms with Crippen molar-refractivity contribution in [2.75, 3.05) is 44.4 Å². The van der Waals surface area contributed by atoms with Crippen LogP contribution in [0.4, 0.5) is 0 Å². The van der Waals surface area contributed by atoms with E-state index in [9.17, 15) is 0 Å². The van der Waals surface area contributed by atoms with Gasteiger partial charge in [-0.25, -0.2) is 0 Å². The monoisotopic (exact) mass is 317 g/mol. The first kappa shape index (κ1) is 15.8. The van der Waals surface area contributed by atoms with Gasteiger partial charge < -0.3 is 10.1 Å². The van der Waals surface area contributed by atoms with Crippen LogP contribution in [0.5, 0.6) is 0 Å². The number of ether oxygens (including phenoxy) is 1. The Morgan fingerprint density at radius 3 is 2.68 bits per heavy atom. The van der Waals surface area contributed by atoms with Crippen molar-refractivity contribution in [2.24, 2.45) is 0 Å². The highest BCUT2D eigenvalue weighted by molar-refractivity contribution is 7.99. The van der Waals surface area contributed by atoms with Gasteiger partial charge in [0.25, 0.3) is 0 Å². The molecule has 2 heterocycles. The van der Waals surface area contributed by atoms with E-state index in [1.165, 1.54) is 23.5 Å². The molecule has 2 fully saturated rings. The summed E-state index contributed by atoms with van der Waals surface area (Å²) in [6.07, 6.45) is 1.26. The zero-order valence-electron chi connectivity index (χ0n) is 12.9. The zero-order chi connectivity index (χ0) is 15.3. The van der Waals surface area contributed by atoms with Gasteiger partial charge in [0.1, 0.15) is 0 Å². The second kappa shape index (κ2) is 7.47. The highest BCUT2D eigenvalue weighted by atomic mass is 32.2. The fraction of sp³-hybridized carbons (Fsp3) is 0.588. The first-order valence-corrected chi connectivity index (χ1v) is 9.08. The van der Waals surface area contributed by atoms with E-state index in [-0.39, 0.29) is 0 Å². The Balaban J connectivity index is 1.56. The van der Waals surface area contributed by atoms with Crippen LogP contribution in [0.3, 0.4) is 0 Å². The highest BCUT2D eigenvalue weighted by Gasteiger charge is 2.40. The molecule has 0 aliphatic carbocycles. The van der Waals surface area contributed by atoms with Crippen LogP contribution >= 0.6 is 11.8 Å². The smallest absolute Gasteiger partial charge is 0.0991 e. The van der Waals surface area contributed by atoms with Crippen LogP contribution in [-0.2, 0) is 11.3 Å². The number of benzene rings is 1. The normalized spacial score (nSPS) is 26.0. The summed E-state index contributed by atoms with van der Waals surface area (Å²) < 4.78 is 5.50. The molecule has 0 aromatic heterocycles. The van der Waals surface area contributed by atoms with E-state index in [0.29, 0.717) is 5.54 Å².